The van der Waals surface area contributed by atoms with Crippen molar-refractivity contribution in [3.8, 4) is 17.4 Å². The quantitative estimate of drug-likeness (QED) is 0.334. The van der Waals surface area contributed by atoms with E-state index in [1.807, 2.05) is 0 Å². The standard InChI is InChI=1S/C17H11Cl2NO3/c1-2-7-22-17(21)12(10-20)8-13-4-6-16(23-13)11-3-5-14(18)15(19)9-11/h2-6,8-9H,1,7H2/b12-8+. The van der Waals surface area contributed by atoms with E-state index >= 15 is 0 Å². The number of rotatable bonds is 5. The first-order valence-corrected chi connectivity index (χ1v) is 7.26. The van der Waals surface area contributed by atoms with Gasteiger partial charge in [-0.3, -0.25) is 0 Å². The van der Waals surface area contributed by atoms with Crippen LogP contribution in [-0.2, 0) is 9.53 Å². The molecule has 0 bridgehead atoms. The van der Waals surface area contributed by atoms with Gasteiger partial charge in [0, 0.05) is 11.6 Å². The number of carbonyl (C=O) groups is 1. The molecule has 0 N–H and O–H groups in total. The second kappa shape index (κ2) is 7.68. The molecule has 116 valence electrons. The van der Waals surface area contributed by atoms with Crippen molar-refractivity contribution in [1.29, 1.82) is 5.26 Å². The van der Waals surface area contributed by atoms with Crippen LogP contribution in [0.25, 0.3) is 17.4 Å². The minimum absolute atomic E-state index is 0.0323. The van der Waals surface area contributed by atoms with Crippen LogP contribution in [0.4, 0.5) is 0 Å². The van der Waals surface area contributed by atoms with Gasteiger partial charge in [-0.05, 0) is 30.3 Å². The number of nitrogens with zero attached hydrogens (tertiary/aromatic N) is 1. The lowest BCUT2D eigenvalue weighted by Gasteiger charge is -2.00. The number of esters is 1. The van der Waals surface area contributed by atoms with Crippen LogP contribution in [-0.4, -0.2) is 12.6 Å². The molecule has 2 rings (SSSR count). The Labute approximate surface area is 143 Å². The maximum absolute atomic E-state index is 11.7. The summed E-state index contributed by atoms with van der Waals surface area (Å²) in [5.74, 6) is 0.143. The van der Waals surface area contributed by atoms with Crippen LogP contribution in [0.1, 0.15) is 5.76 Å². The Morgan fingerprint density at radius 1 is 1.30 bits per heavy atom. The van der Waals surface area contributed by atoms with Crippen LogP contribution in [0.3, 0.4) is 0 Å². The molecule has 23 heavy (non-hydrogen) atoms. The molecular formula is C17H11Cl2NO3. The first-order chi connectivity index (χ1) is 11.0. The summed E-state index contributed by atoms with van der Waals surface area (Å²) in [6, 6.07) is 10.2. The molecule has 1 aromatic heterocycles. The Bertz CT molecular complexity index is 815. The number of benzene rings is 1. The van der Waals surface area contributed by atoms with Gasteiger partial charge < -0.3 is 9.15 Å². The highest BCUT2D eigenvalue weighted by atomic mass is 35.5. The Kier molecular flexibility index (Phi) is 5.64. The number of hydrogen-bond donors (Lipinski definition) is 0. The zero-order valence-electron chi connectivity index (χ0n) is 11.9. The molecule has 0 aliphatic heterocycles. The molecule has 0 saturated carbocycles. The average molecular weight is 348 g/mol. The SMILES string of the molecule is C=CCOC(=O)/C(C#N)=C/c1ccc(-c2ccc(Cl)c(Cl)c2)o1. The van der Waals surface area contributed by atoms with Gasteiger partial charge in [0.2, 0.25) is 0 Å². The van der Waals surface area contributed by atoms with Gasteiger partial charge in [0.15, 0.2) is 0 Å². The Hall–Kier alpha value is -2.48. The molecule has 0 radical (unpaired) electrons. The number of halogens is 2. The fourth-order valence-electron chi connectivity index (χ4n) is 1.73. The summed E-state index contributed by atoms with van der Waals surface area (Å²) in [6.07, 6.45) is 2.73. The van der Waals surface area contributed by atoms with Crippen molar-refractivity contribution in [2.24, 2.45) is 0 Å². The number of carbonyl (C=O) groups excluding carboxylic acids is 1. The molecule has 1 heterocycles. The Balaban J connectivity index is 2.25. The molecule has 0 aliphatic rings. The van der Waals surface area contributed by atoms with Crippen LogP contribution in [0.15, 0.2) is 53.0 Å². The first kappa shape index (κ1) is 16.9. The van der Waals surface area contributed by atoms with Crippen LogP contribution >= 0.6 is 23.2 Å². The average Bonchev–Trinajstić information content (AvgIpc) is 3.01. The summed E-state index contributed by atoms with van der Waals surface area (Å²) in [4.78, 5) is 11.7. The van der Waals surface area contributed by atoms with Crippen molar-refractivity contribution < 1.29 is 13.9 Å². The van der Waals surface area contributed by atoms with E-state index in [4.69, 9.17) is 37.6 Å². The lowest BCUT2D eigenvalue weighted by molar-refractivity contribution is -0.137. The van der Waals surface area contributed by atoms with E-state index in [2.05, 4.69) is 6.58 Å². The molecule has 0 unspecified atom stereocenters. The number of furan rings is 1. The van der Waals surface area contributed by atoms with Crippen molar-refractivity contribution in [2.75, 3.05) is 6.61 Å². The molecule has 4 nitrogen and oxygen atoms in total. The summed E-state index contributed by atoms with van der Waals surface area (Å²) in [6.45, 7) is 3.47. The summed E-state index contributed by atoms with van der Waals surface area (Å²) >= 11 is 11.8. The highest BCUT2D eigenvalue weighted by Crippen LogP contribution is 2.30. The van der Waals surface area contributed by atoms with Gasteiger partial charge in [0.25, 0.3) is 0 Å². The van der Waals surface area contributed by atoms with Gasteiger partial charge >= 0.3 is 5.97 Å². The third-order valence-corrected chi connectivity index (χ3v) is 3.53. The van der Waals surface area contributed by atoms with E-state index in [1.54, 1.807) is 36.4 Å². The van der Waals surface area contributed by atoms with Crippen molar-refractivity contribution in [2.45, 2.75) is 0 Å². The third kappa shape index (κ3) is 4.26. The van der Waals surface area contributed by atoms with Crippen LogP contribution < -0.4 is 0 Å². The summed E-state index contributed by atoms with van der Waals surface area (Å²) < 4.78 is 10.4. The van der Waals surface area contributed by atoms with E-state index in [9.17, 15) is 4.79 Å². The molecule has 0 saturated heterocycles. The Morgan fingerprint density at radius 2 is 2.09 bits per heavy atom. The topological polar surface area (TPSA) is 63.2 Å². The molecule has 6 heteroatoms. The van der Waals surface area contributed by atoms with Crippen molar-refractivity contribution >= 4 is 35.2 Å². The summed E-state index contributed by atoms with van der Waals surface area (Å²) in [7, 11) is 0. The van der Waals surface area contributed by atoms with E-state index in [0.29, 0.717) is 21.6 Å². The number of hydrogen-bond acceptors (Lipinski definition) is 4. The maximum atomic E-state index is 11.7. The summed E-state index contributed by atoms with van der Waals surface area (Å²) in [5, 5.41) is 9.88. The molecular weight excluding hydrogens is 337 g/mol. The van der Waals surface area contributed by atoms with Gasteiger partial charge in [-0.1, -0.05) is 35.9 Å². The van der Waals surface area contributed by atoms with Gasteiger partial charge in [-0.25, -0.2) is 4.79 Å². The van der Waals surface area contributed by atoms with Gasteiger partial charge in [-0.15, -0.1) is 0 Å². The van der Waals surface area contributed by atoms with Crippen molar-refractivity contribution in [3.05, 3.63) is 64.4 Å². The van der Waals surface area contributed by atoms with Gasteiger partial charge in [-0.2, -0.15) is 5.26 Å². The van der Waals surface area contributed by atoms with E-state index in [-0.39, 0.29) is 12.2 Å². The zero-order chi connectivity index (χ0) is 16.8. The lowest BCUT2D eigenvalue weighted by atomic mass is 10.2. The molecule has 0 aliphatic carbocycles. The number of ether oxygens (including phenoxy) is 1. The third-order valence-electron chi connectivity index (χ3n) is 2.79. The maximum Gasteiger partial charge on any atom is 0.349 e. The molecule has 1 aromatic carbocycles. The first-order valence-electron chi connectivity index (χ1n) is 6.50. The molecule has 0 atom stereocenters. The van der Waals surface area contributed by atoms with Crippen molar-refractivity contribution in [3.63, 3.8) is 0 Å². The van der Waals surface area contributed by atoms with Gasteiger partial charge in [0.1, 0.15) is 29.8 Å². The minimum Gasteiger partial charge on any atom is -0.457 e. The smallest absolute Gasteiger partial charge is 0.349 e. The van der Waals surface area contributed by atoms with E-state index in [1.165, 1.54) is 12.2 Å². The molecule has 0 spiro atoms. The fourth-order valence-corrected chi connectivity index (χ4v) is 2.02. The van der Waals surface area contributed by atoms with Crippen molar-refractivity contribution in [1.82, 2.24) is 0 Å². The molecule has 2 aromatic rings. The lowest BCUT2D eigenvalue weighted by Crippen LogP contribution is -2.06. The fraction of sp³-hybridized carbons (Fsp3) is 0.0588. The van der Waals surface area contributed by atoms with Crippen LogP contribution in [0.2, 0.25) is 10.0 Å². The van der Waals surface area contributed by atoms with E-state index in [0.717, 1.165) is 5.56 Å². The molecule has 0 amide bonds. The predicted octanol–water partition coefficient (Wildman–Crippen LogP) is 4.89. The van der Waals surface area contributed by atoms with Crippen LogP contribution in [0, 0.1) is 11.3 Å². The predicted molar refractivity (Wildman–Crippen MR) is 88.9 cm³/mol. The zero-order valence-corrected chi connectivity index (χ0v) is 13.4. The van der Waals surface area contributed by atoms with E-state index < -0.39 is 5.97 Å². The van der Waals surface area contributed by atoms with Gasteiger partial charge in [0.05, 0.1) is 10.0 Å². The monoisotopic (exact) mass is 347 g/mol. The molecule has 0 fully saturated rings. The largest absolute Gasteiger partial charge is 0.457 e. The minimum atomic E-state index is -0.736. The van der Waals surface area contributed by atoms with Crippen LogP contribution in [0.5, 0.6) is 0 Å². The highest BCUT2D eigenvalue weighted by molar-refractivity contribution is 6.42. The second-order valence-corrected chi connectivity index (χ2v) is 5.20. The number of nitriles is 1. The normalized spacial score (nSPS) is 10.9. The highest BCUT2D eigenvalue weighted by Gasteiger charge is 2.12. The Morgan fingerprint density at radius 3 is 2.74 bits per heavy atom. The summed E-state index contributed by atoms with van der Waals surface area (Å²) in [5.41, 5.74) is 0.564. The second-order valence-electron chi connectivity index (χ2n) is 4.39.